The Morgan fingerprint density at radius 2 is 1.50 bits per heavy atom. The molecule has 0 amide bonds. The molecule has 0 fully saturated rings. The number of para-hydroxylation sites is 1. The molecule has 0 aliphatic heterocycles. The summed E-state index contributed by atoms with van der Waals surface area (Å²) < 4.78 is 2.16. The van der Waals surface area contributed by atoms with E-state index in [1.54, 1.807) is 0 Å². The maximum atomic E-state index is 5.09. The molecule has 0 aliphatic carbocycles. The van der Waals surface area contributed by atoms with Gasteiger partial charge in [-0.3, -0.25) is 4.40 Å². The highest BCUT2D eigenvalue weighted by Gasteiger charge is 2.18. The van der Waals surface area contributed by atoms with Crippen molar-refractivity contribution in [2.75, 3.05) is 0 Å². The molecule has 5 aromatic rings. The molecule has 0 aliphatic rings. The molecule has 32 heavy (non-hydrogen) atoms. The van der Waals surface area contributed by atoms with E-state index in [-0.39, 0.29) is 0 Å². The predicted octanol–water partition coefficient (Wildman–Crippen LogP) is 8.07. The maximum Gasteiger partial charge on any atom is 0.137 e. The molecule has 0 N–H and O–H groups in total. The molecule has 0 saturated carbocycles. The fraction of sp³-hybridized carbons (Fsp3) is 0.310. The van der Waals surface area contributed by atoms with E-state index in [0.29, 0.717) is 0 Å². The second kappa shape index (κ2) is 9.12. The quantitative estimate of drug-likeness (QED) is 0.294. The van der Waals surface area contributed by atoms with E-state index in [2.05, 4.69) is 82.5 Å². The average Bonchev–Trinajstić information content (AvgIpc) is 3.18. The highest BCUT2D eigenvalue weighted by Crippen LogP contribution is 2.36. The fourth-order valence-electron chi connectivity index (χ4n) is 4.37. The average molecular weight is 424 g/mol. The lowest BCUT2D eigenvalue weighted by atomic mass is 9.95. The molecule has 0 atom stereocenters. The molecular weight excluding hydrogens is 390 g/mol. The van der Waals surface area contributed by atoms with Gasteiger partial charge in [0.2, 0.25) is 0 Å². The highest BCUT2D eigenvalue weighted by molar-refractivity contribution is 6.09. The standard InChI is InChI=1S/C23H19N3.C6H14/c1-14-12-15(2)20(16(3)13-14)22-23-21(17-8-4-5-9-18(17)24-22)25-19-10-6-7-11-26(19)23;1-4-6(3)5-2/h4-13H,1-3H3;6H,4-5H2,1-3H3. The topological polar surface area (TPSA) is 30.2 Å². The van der Waals surface area contributed by atoms with E-state index in [1.807, 2.05) is 24.3 Å². The van der Waals surface area contributed by atoms with Crippen LogP contribution in [0.25, 0.3) is 38.8 Å². The third-order valence-corrected chi connectivity index (χ3v) is 6.45. The van der Waals surface area contributed by atoms with E-state index < -0.39 is 0 Å². The van der Waals surface area contributed by atoms with Gasteiger partial charge in [-0.2, -0.15) is 0 Å². The Labute approximate surface area is 191 Å². The summed E-state index contributed by atoms with van der Waals surface area (Å²) in [6.07, 6.45) is 4.73. The lowest BCUT2D eigenvalue weighted by molar-refractivity contribution is 0.544. The first-order valence-electron chi connectivity index (χ1n) is 11.7. The van der Waals surface area contributed by atoms with Crippen LogP contribution in [-0.2, 0) is 0 Å². The molecular formula is C29H33N3. The molecule has 0 spiro atoms. The summed E-state index contributed by atoms with van der Waals surface area (Å²) in [6.45, 7) is 13.2. The second-order valence-corrected chi connectivity index (χ2v) is 8.91. The summed E-state index contributed by atoms with van der Waals surface area (Å²) in [7, 11) is 0. The van der Waals surface area contributed by atoms with E-state index in [0.717, 1.165) is 39.2 Å². The lowest BCUT2D eigenvalue weighted by Gasteiger charge is -2.13. The summed E-state index contributed by atoms with van der Waals surface area (Å²) in [4.78, 5) is 10.0. The smallest absolute Gasteiger partial charge is 0.137 e. The number of hydrogen-bond donors (Lipinski definition) is 0. The van der Waals surface area contributed by atoms with E-state index in [4.69, 9.17) is 9.97 Å². The van der Waals surface area contributed by atoms with Crippen LogP contribution in [0.5, 0.6) is 0 Å². The minimum atomic E-state index is 0.935. The summed E-state index contributed by atoms with van der Waals surface area (Å²) in [5.74, 6) is 0.935. The number of benzene rings is 2. The van der Waals surface area contributed by atoms with Crippen molar-refractivity contribution in [2.45, 2.75) is 54.4 Å². The molecule has 3 heterocycles. The van der Waals surface area contributed by atoms with Gasteiger partial charge in [0.05, 0.1) is 16.7 Å². The maximum absolute atomic E-state index is 5.09. The highest BCUT2D eigenvalue weighted by atomic mass is 15.0. The molecule has 3 nitrogen and oxygen atoms in total. The zero-order chi connectivity index (χ0) is 22.8. The van der Waals surface area contributed by atoms with Crippen molar-refractivity contribution in [1.29, 1.82) is 0 Å². The first-order chi connectivity index (χ1) is 15.4. The van der Waals surface area contributed by atoms with Crippen LogP contribution in [0.3, 0.4) is 0 Å². The van der Waals surface area contributed by atoms with Crippen LogP contribution >= 0.6 is 0 Å². The van der Waals surface area contributed by atoms with Crippen LogP contribution in [0.4, 0.5) is 0 Å². The molecule has 0 radical (unpaired) electrons. The van der Waals surface area contributed by atoms with Crippen LogP contribution in [-0.4, -0.2) is 14.4 Å². The van der Waals surface area contributed by atoms with Crippen LogP contribution in [0.1, 0.15) is 50.3 Å². The van der Waals surface area contributed by atoms with Gasteiger partial charge in [0.1, 0.15) is 11.2 Å². The van der Waals surface area contributed by atoms with Gasteiger partial charge < -0.3 is 0 Å². The largest absolute Gasteiger partial charge is 0.298 e. The van der Waals surface area contributed by atoms with Crippen molar-refractivity contribution in [3.05, 3.63) is 77.5 Å². The molecule has 0 unspecified atom stereocenters. The number of pyridine rings is 2. The number of aryl methyl sites for hydroxylation is 3. The Balaban J connectivity index is 0.000000363. The van der Waals surface area contributed by atoms with Crippen molar-refractivity contribution >= 4 is 27.6 Å². The van der Waals surface area contributed by atoms with Gasteiger partial charge >= 0.3 is 0 Å². The lowest BCUT2D eigenvalue weighted by Crippen LogP contribution is -1.96. The Hall–Kier alpha value is -3.20. The Kier molecular flexibility index (Phi) is 6.27. The molecule has 0 bridgehead atoms. The molecule has 0 saturated heterocycles. The minimum Gasteiger partial charge on any atom is -0.298 e. The van der Waals surface area contributed by atoms with Crippen LogP contribution in [0.2, 0.25) is 0 Å². The summed E-state index contributed by atoms with van der Waals surface area (Å²) >= 11 is 0. The number of rotatable bonds is 3. The summed E-state index contributed by atoms with van der Waals surface area (Å²) in [5.41, 5.74) is 10.0. The number of nitrogens with zero attached hydrogens (tertiary/aromatic N) is 3. The number of aromatic nitrogens is 3. The van der Waals surface area contributed by atoms with E-state index in [9.17, 15) is 0 Å². The third-order valence-electron chi connectivity index (χ3n) is 6.45. The van der Waals surface area contributed by atoms with Gasteiger partial charge in [0.15, 0.2) is 0 Å². The molecule has 2 aromatic carbocycles. The van der Waals surface area contributed by atoms with Crippen molar-refractivity contribution < 1.29 is 0 Å². The third kappa shape index (κ3) is 4.00. The Morgan fingerprint density at radius 1 is 0.844 bits per heavy atom. The van der Waals surface area contributed by atoms with Crippen LogP contribution in [0.15, 0.2) is 60.8 Å². The predicted molar refractivity (Wildman–Crippen MR) is 137 cm³/mol. The number of fused-ring (bicyclic) bond motifs is 5. The van der Waals surface area contributed by atoms with Gasteiger partial charge in [0.25, 0.3) is 0 Å². The van der Waals surface area contributed by atoms with E-state index in [1.165, 1.54) is 35.1 Å². The monoisotopic (exact) mass is 423 g/mol. The first-order valence-corrected chi connectivity index (χ1v) is 11.7. The Morgan fingerprint density at radius 3 is 2.16 bits per heavy atom. The van der Waals surface area contributed by atoms with Crippen LogP contribution < -0.4 is 0 Å². The van der Waals surface area contributed by atoms with Crippen molar-refractivity contribution in [3.8, 4) is 11.3 Å². The molecule has 3 aromatic heterocycles. The van der Waals surface area contributed by atoms with Gasteiger partial charge in [0, 0.05) is 17.1 Å². The SMILES string of the molecule is CCC(C)CC.Cc1cc(C)c(-c2nc3ccccc3c3nc4ccccn4c23)c(C)c1. The zero-order valence-corrected chi connectivity index (χ0v) is 20.1. The Bertz CT molecular complexity index is 1370. The minimum absolute atomic E-state index is 0.935. The molecule has 164 valence electrons. The van der Waals surface area contributed by atoms with Crippen molar-refractivity contribution in [3.63, 3.8) is 0 Å². The zero-order valence-electron chi connectivity index (χ0n) is 20.1. The number of imidazole rings is 1. The second-order valence-electron chi connectivity index (χ2n) is 8.91. The summed E-state index contributed by atoms with van der Waals surface area (Å²) in [6, 6.07) is 18.8. The van der Waals surface area contributed by atoms with Crippen molar-refractivity contribution in [1.82, 2.24) is 14.4 Å². The van der Waals surface area contributed by atoms with Gasteiger partial charge in [-0.1, -0.05) is 75.6 Å². The first kappa shape index (κ1) is 22.0. The molecule has 5 rings (SSSR count). The normalized spacial score (nSPS) is 11.3. The molecule has 3 heteroatoms. The van der Waals surface area contributed by atoms with Crippen molar-refractivity contribution in [2.24, 2.45) is 5.92 Å². The van der Waals surface area contributed by atoms with Gasteiger partial charge in [-0.15, -0.1) is 0 Å². The number of hydrogen-bond acceptors (Lipinski definition) is 2. The fourth-order valence-corrected chi connectivity index (χ4v) is 4.37. The van der Waals surface area contributed by atoms with Gasteiger partial charge in [-0.05, 0) is 56.0 Å². The van der Waals surface area contributed by atoms with Gasteiger partial charge in [-0.25, -0.2) is 9.97 Å². The summed E-state index contributed by atoms with van der Waals surface area (Å²) in [5, 5.41) is 1.09. The van der Waals surface area contributed by atoms with E-state index >= 15 is 0 Å². The van der Waals surface area contributed by atoms with Crippen LogP contribution in [0, 0.1) is 26.7 Å².